The topological polar surface area (TPSA) is 295 Å². The number of rotatable bonds is 16. The Kier molecular flexibility index (Phi) is 59.5. The van der Waals surface area contributed by atoms with Gasteiger partial charge in [0.05, 0.1) is 80.2 Å². The summed E-state index contributed by atoms with van der Waals surface area (Å²) in [4.78, 5) is 86.1. The van der Waals surface area contributed by atoms with Crippen molar-refractivity contribution in [1.82, 2.24) is 15.0 Å². The van der Waals surface area contributed by atoms with Crippen molar-refractivity contribution in [2.24, 2.45) is 38.7 Å². The molecule has 0 radical (unpaired) electrons. The van der Waals surface area contributed by atoms with Crippen LogP contribution in [-0.4, -0.2) is 124 Å². The molecule has 2 heterocycles. The van der Waals surface area contributed by atoms with E-state index in [1.165, 1.54) is 37.9 Å². The van der Waals surface area contributed by atoms with E-state index in [9.17, 15) is 56.9 Å². The molecule has 574 valence electrons. The first kappa shape index (κ1) is 109. The summed E-state index contributed by atoms with van der Waals surface area (Å²) in [7, 11) is 1.34. The van der Waals surface area contributed by atoms with E-state index in [0.717, 1.165) is 34.5 Å². The van der Waals surface area contributed by atoms with Crippen LogP contribution in [0.4, 0.5) is 13.2 Å². The van der Waals surface area contributed by atoms with Crippen LogP contribution < -0.4 is 5.73 Å². The van der Waals surface area contributed by atoms with Crippen molar-refractivity contribution in [2.75, 3.05) is 33.5 Å². The van der Waals surface area contributed by atoms with Gasteiger partial charge in [0.25, 0.3) is 11.2 Å². The third-order valence-electron chi connectivity index (χ3n) is 10.7. The predicted molar refractivity (Wildman–Crippen MR) is 399 cm³/mol. The first-order chi connectivity index (χ1) is 44.8. The molecule has 2 unspecified atom stereocenters. The first-order valence-corrected chi connectivity index (χ1v) is 33.5. The monoisotopic (exact) mass is 1440 g/mol. The molecule has 0 saturated carbocycles. The molecule has 0 spiro atoms. The van der Waals surface area contributed by atoms with Crippen molar-refractivity contribution in [2.45, 2.75) is 251 Å². The number of allylic oxidation sites excluding steroid dienone is 6. The fraction of sp³-hybridized carbons (Fsp3) is 0.623. The number of ketones is 3. The fourth-order valence-electron chi connectivity index (χ4n) is 4.85. The van der Waals surface area contributed by atoms with Crippen molar-refractivity contribution in [3.05, 3.63) is 125 Å². The van der Waals surface area contributed by atoms with E-state index in [0.29, 0.717) is 25.4 Å². The molecule has 2 atom stereocenters. The Bertz CT molecular complexity index is 2860. The summed E-state index contributed by atoms with van der Waals surface area (Å²) >= 11 is 0.754. The van der Waals surface area contributed by atoms with Gasteiger partial charge in [-0.1, -0.05) is 194 Å². The molecular weight excluding hydrogens is 1310 g/mol. The van der Waals surface area contributed by atoms with Gasteiger partial charge in [-0.05, 0) is 116 Å². The van der Waals surface area contributed by atoms with Crippen molar-refractivity contribution < 1.29 is 80.6 Å². The van der Waals surface area contributed by atoms with Crippen LogP contribution in [-0.2, 0) is 57.9 Å². The minimum Gasteiger partial charge on any atom is -0.466 e. The van der Waals surface area contributed by atoms with Crippen molar-refractivity contribution >= 4 is 52.5 Å². The highest BCUT2D eigenvalue weighted by atomic mass is 32.1. The molecule has 19 nitrogen and oxygen atoms in total. The third-order valence-corrected chi connectivity index (χ3v) is 11.3. The van der Waals surface area contributed by atoms with Crippen LogP contribution in [0.1, 0.15) is 238 Å². The second-order valence-corrected chi connectivity index (χ2v) is 31.1. The molecule has 0 aliphatic heterocycles. The van der Waals surface area contributed by atoms with E-state index in [-0.39, 0.29) is 91.5 Å². The van der Waals surface area contributed by atoms with Crippen LogP contribution in [0, 0.1) is 55.7 Å². The van der Waals surface area contributed by atoms with Crippen molar-refractivity contribution in [1.29, 1.82) is 5.26 Å². The summed E-state index contributed by atoms with van der Waals surface area (Å²) in [5, 5.41) is 28.0. The molecule has 2 aromatic heterocycles. The second-order valence-electron chi connectivity index (χ2n) is 30.3. The number of nitriles is 1. The maximum Gasteiger partial charge on any atom is 0.336 e. The second kappa shape index (κ2) is 54.6. The van der Waals surface area contributed by atoms with Gasteiger partial charge < -0.3 is 39.6 Å². The number of aliphatic hydroxyl groups excluding tert-OH is 2. The van der Waals surface area contributed by atoms with Gasteiger partial charge in [0, 0.05) is 46.2 Å². The van der Waals surface area contributed by atoms with E-state index in [1.807, 2.05) is 165 Å². The maximum atomic E-state index is 12.3. The molecule has 4 N–H and O–H groups in total. The third kappa shape index (κ3) is 70.8. The lowest BCUT2D eigenvalue weighted by molar-refractivity contribution is -0.141. The number of methoxy groups -OCH3 is 1. The molecule has 23 heteroatoms. The van der Waals surface area contributed by atoms with Crippen molar-refractivity contribution in [3.8, 4) is 6.07 Å². The number of aliphatic hydroxyl groups is 2. The van der Waals surface area contributed by atoms with Crippen LogP contribution in [0.3, 0.4) is 0 Å². The van der Waals surface area contributed by atoms with E-state index < -0.39 is 46.7 Å². The minimum atomic E-state index is -0.855. The number of aromatic nitrogens is 3. The summed E-state index contributed by atoms with van der Waals surface area (Å²) in [5.41, 5.74) is 5.73. The van der Waals surface area contributed by atoms with Gasteiger partial charge >= 0.3 is 24.0 Å². The maximum absolute atomic E-state index is 12.3. The smallest absolute Gasteiger partial charge is 0.336 e. The molecule has 0 aliphatic carbocycles. The number of esters is 3. The standard InChI is InChI=1S/C10H18O3.2C9H16O3.C9H16O.C8H11FN2.C8H13FO.C8H13NO.C8H14O.C4H3FN2OS.C4H10/c1-6-13-9(12)7(2)8(11)10(3,4)5;1-9(2,3)12-7-5-6-8(10)11-4;1-5-11-9(10)8(4)6-12-7(2)3;1-7(2)6-8(10)9(3,4)5;1-8(2,3)6-4-10-7(9)11-5-6;1-6(9)5-7(10)8(2,3)4;1-6(5-9)7(10)8(2,3)4;1-5-6-7(9)8(2,3)4;5-4-7-2(1-9-4)3(6)8;1-4(2)3/h8,11H,2,6H2,1,3-5H3;5-6H,7H2,1-4H3;7H,4-6H2,1-3H3;6H,1-5H3;4-5H,1-3H3;5H,1-4H3;7,10H,1H2,2-4H3;5-6H,1-4H3;1H,(H2,6,8);4H,1-3H3/b;6-5+;;;;6-5-;;6-5+;;. The predicted octanol–water partition coefficient (Wildman–Crippen LogP) is 17.2. The molecule has 0 bridgehead atoms. The van der Waals surface area contributed by atoms with Gasteiger partial charge in [-0.2, -0.15) is 14.0 Å². The summed E-state index contributed by atoms with van der Waals surface area (Å²) in [6.07, 6.45) is 9.99. The van der Waals surface area contributed by atoms with Gasteiger partial charge in [0.15, 0.2) is 17.3 Å². The number of hydrogen-bond donors (Lipinski definition) is 3. The molecule has 100 heavy (non-hydrogen) atoms. The molecule has 0 fully saturated rings. The average Bonchev–Trinajstić information content (AvgIpc) is 1.12. The first-order valence-electron chi connectivity index (χ1n) is 32.6. The molecule has 2 aromatic rings. The number of carbonyl (C=O) groups excluding carboxylic acids is 7. The molecule has 2 rings (SSSR count). The Morgan fingerprint density at radius 3 is 1.33 bits per heavy atom. The lowest BCUT2D eigenvalue weighted by atomic mass is 9.85. The molecular formula is C77H130F3N5O14S. The number of amides is 1. The Hall–Kier alpha value is -7.10. The quantitative estimate of drug-likeness (QED) is 0.0462. The number of thiazole rings is 1. The fourth-order valence-corrected chi connectivity index (χ4v) is 5.38. The summed E-state index contributed by atoms with van der Waals surface area (Å²) in [6, 6.07) is 1.83. The van der Waals surface area contributed by atoms with Crippen LogP contribution in [0.5, 0.6) is 0 Å². The van der Waals surface area contributed by atoms with Crippen LogP contribution in [0.25, 0.3) is 0 Å². The Balaban J connectivity index is -0.000000158. The van der Waals surface area contributed by atoms with Crippen molar-refractivity contribution in [3.63, 3.8) is 0 Å². The lowest BCUT2D eigenvalue weighted by Gasteiger charge is -2.26. The van der Waals surface area contributed by atoms with E-state index >= 15 is 0 Å². The van der Waals surface area contributed by atoms with E-state index in [4.69, 9.17) is 29.9 Å². The zero-order valence-electron chi connectivity index (χ0n) is 67.2. The summed E-state index contributed by atoms with van der Waals surface area (Å²) < 4.78 is 60.7. The summed E-state index contributed by atoms with van der Waals surface area (Å²) in [6.45, 7) is 72.4. The number of carbonyl (C=O) groups is 7. The zero-order chi connectivity index (χ0) is 81.3. The lowest BCUT2D eigenvalue weighted by Crippen LogP contribution is -2.31. The largest absolute Gasteiger partial charge is 0.466 e. The molecule has 0 aromatic carbocycles. The number of hydrogen-bond acceptors (Lipinski definition) is 19. The number of nitrogens with two attached hydrogens (primary N) is 1. The van der Waals surface area contributed by atoms with Gasteiger partial charge in [0.2, 0.25) is 0 Å². The molecule has 0 saturated heterocycles. The minimum absolute atomic E-state index is 0.00625. The SMILES string of the molecule is C/C(F)=C/C(=O)C(C)(C)C.C/C=C/C(=O)C(C)(C)C.C=C(C#N)C(O)C(C)(C)C.C=C(C(=O)OCC)C(O)C(C)(C)C.C=C(COC(C)C)C(=O)OCC.CC(C)(C)c1cnc(F)nc1.CC(C)=CC(=O)C(C)(C)C.CC(C)C.COC(=O)/C=C/COC(C)(C)C.NC(=O)c1csc(F)n1. The number of primary amides is 1. The number of nitrogens with zero attached hydrogens (tertiary/aromatic N) is 4. The average molecular weight is 1440 g/mol. The Labute approximate surface area is 604 Å². The van der Waals surface area contributed by atoms with Crippen LogP contribution >= 0.6 is 11.3 Å². The molecule has 0 aliphatic rings. The number of ether oxygens (including phenoxy) is 5. The van der Waals surface area contributed by atoms with Crippen LogP contribution in [0.15, 0.2) is 102 Å². The summed E-state index contributed by atoms with van der Waals surface area (Å²) in [5.74, 6) is -1.34. The van der Waals surface area contributed by atoms with Crippen LogP contribution in [0.2, 0.25) is 0 Å². The van der Waals surface area contributed by atoms with Gasteiger partial charge in [-0.25, -0.2) is 33.7 Å². The Morgan fingerprint density at radius 1 is 0.680 bits per heavy atom. The molecule has 1 amide bonds. The highest BCUT2D eigenvalue weighted by Gasteiger charge is 2.29. The van der Waals surface area contributed by atoms with Gasteiger partial charge in [0.1, 0.15) is 11.5 Å². The Morgan fingerprint density at radius 2 is 1.09 bits per heavy atom. The highest BCUT2D eigenvalue weighted by Crippen LogP contribution is 2.26. The normalized spacial score (nSPS) is 11.8. The van der Waals surface area contributed by atoms with Gasteiger partial charge in [-0.15, -0.1) is 0 Å². The number of halogens is 3. The zero-order valence-corrected chi connectivity index (χ0v) is 68.0. The van der Waals surface area contributed by atoms with E-state index in [1.54, 1.807) is 58.9 Å². The van der Waals surface area contributed by atoms with E-state index in [2.05, 4.69) is 60.2 Å². The highest BCUT2D eigenvalue weighted by molar-refractivity contribution is 7.08. The van der Waals surface area contributed by atoms with Gasteiger partial charge in [-0.3, -0.25) is 19.2 Å².